The molecule has 7 nitrogen and oxygen atoms in total. The number of rotatable bonds is 2. The molecule has 4 heterocycles. The van der Waals surface area contributed by atoms with Crippen LogP contribution in [0.3, 0.4) is 0 Å². The third kappa shape index (κ3) is 2.85. The molecule has 0 radical (unpaired) electrons. The van der Waals surface area contributed by atoms with Gasteiger partial charge >= 0.3 is 0 Å². The summed E-state index contributed by atoms with van der Waals surface area (Å²) < 4.78 is 3.50. The molecule has 3 aromatic heterocycles. The molecule has 132 valence electrons. The second-order valence-electron chi connectivity index (χ2n) is 6.68. The molecule has 0 spiro atoms. The van der Waals surface area contributed by atoms with Crippen molar-refractivity contribution >= 4 is 34.8 Å². The number of anilines is 1. The van der Waals surface area contributed by atoms with E-state index in [0.29, 0.717) is 16.8 Å². The zero-order valence-corrected chi connectivity index (χ0v) is 15.9. The van der Waals surface area contributed by atoms with Crippen LogP contribution in [0.4, 0.5) is 5.82 Å². The lowest BCUT2D eigenvalue weighted by atomic mass is 9.99. The van der Waals surface area contributed by atoms with E-state index < -0.39 is 0 Å². The van der Waals surface area contributed by atoms with E-state index in [2.05, 4.69) is 32.0 Å². The van der Waals surface area contributed by atoms with Gasteiger partial charge in [-0.2, -0.15) is 19.6 Å². The van der Waals surface area contributed by atoms with E-state index in [0.717, 1.165) is 48.8 Å². The Hall–Kier alpha value is -1.86. The van der Waals surface area contributed by atoms with Crippen LogP contribution < -0.4 is 4.90 Å². The predicted molar refractivity (Wildman–Crippen MR) is 98.0 cm³/mol. The van der Waals surface area contributed by atoms with Gasteiger partial charge in [0.05, 0.1) is 5.69 Å². The minimum atomic E-state index is 0.153. The van der Waals surface area contributed by atoms with Gasteiger partial charge < -0.3 is 4.90 Å². The highest BCUT2D eigenvalue weighted by atomic mass is 35.5. The smallest absolute Gasteiger partial charge is 0.257 e. The molecule has 1 saturated heterocycles. The van der Waals surface area contributed by atoms with Crippen molar-refractivity contribution in [2.75, 3.05) is 18.0 Å². The van der Waals surface area contributed by atoms with E-state index >= 15 is 0 Å². The first-order chi connectivity index (χ1) is 11.9. The number of fused-ring (bicyclic) bond motifs is 1. The van der Waals surface area contributed by atoms with E-state index in [1.165, 1.54) is 0 Å². The van der Waals surface area contributed by atoms with Gasteiger partial charge in [0.15, 0.2) is 11.0 Å². The van der Waals surface area contributed by atoms with E-state index in [-0.39, 0.29) is 5.28 Å². The summed E-state index contributed by atoms with van der Waals surface area (Å²) in [7, 11) is 0. The maximum absolute atomic E-state index is 6.56. The maximum atomic E-state index is 6.56. The first kappa shape index (κ1) is 16.6. The molecular weight excluding hydrogens is 361 g/mol. The minimum absolute atomic E-state index is 0.153. The molecule has 0 atom stereocenters. The van der Waals surface area contributed by atoms with Gasteiger partial charge in [-0.25, -0.2) is 4.68 Å². The number of hydrogen-bond donors (Lipinski definition) is 0. The van der Waals surface area contributed by atoms with E-state index in [1.54, 1.807) is 4.52 Å². The molecule has 25 heavy (non-hydrogen) atoms. The van der Waals surface area contributed by atoms with E-state index in [1.807, 2.05) is 24.6 Å². The highest BCUT2D eigenvalue weighted by Gasteiger charge is 2.27. The Bertz CT molecular complexity index is 938. The standard InChI is InChI=1S/C16H19Cl2N7/c1-9-4-6-23(7-5-9)14-12(24-11(3)8-10(2)21-24)13(17)19-16-20-15(18)22-25(14)16/h8-9H,4-7H2,1-3H3. The topological polar surface area (TPSA) is 64.1 Å². The summed E-state index contributed by atoms with van der Waals surface area (Å²) in [4.78, 5) is 10.8. The molecule has 4 rings (SSSR count). The van der Waals surface area contributed by atoms with E-state index in [9.17, 15) is 0 Å². The number of halogens is 2. The lowest BCUT2D eigenvalue weighted by molar-refractivity contribution is 0.434. The third-order valence-electron chi connectivity index (χ3n) is 4.67. The zero-order chi connectivity index (χ0) is 17.7. The van der Waals surface area contributed by atoms with Crippen molar-refractivity contribution in [1.29, 1.82) is 0 Å². The van der Waals surface area contributed by atoms with Crippen LogP contribution in [0, 0.1) is 19.8 Å². The van der Waals surface area contributed by atoms with Gasteiger partial charge in [0.25, 0.3) is 5.78 Å². The largest absolute Gasteiger partial charge is 0.355 e. The van der Waals surface area contributed by atoms with Crippen LogP contribution in [-0.4, -0.2) is 42.5 Å². The van der Waals surface area contributed by atoms with Gasteiger partial charge in [-0.3, -0.25) is 0 Å². The molecule has 0 unspecified atom stereocenters. The molecule has 0 N–H and O–H groups in total. The van der Waals surface area contributed by atoms with Crippen molar-refractivity contribution in [3.8, 4) is 5.69 Å². The van der Waals surface area contributed by atoms with Crippen LogP contribution in [0.2, 0.25) is 10.4 Å². The summed E-state index contributed by atoms with van der Waals surface area (Å²) in [5, 5.41) is 9.43. The number of nitrogens with zero attached hydrogens (tertiary/aromatic N) is 7. The highest BCUT2D eigenvalue weighted by Crippen LogP contribution is 2.34. The lowest BCUT2D eigenvalue weighted by Crippen LogP contribution is -2.35. The van der Waals surface area contributed by atoms with E-state index in [4.69, 9.17) is 23.2 Å². The molecule has 0 aliphatic carbocycles. The van der Waals surface area contributed by atoms with Gasteiger partial charge in [-0.15, -0.1) is 5.10 Å². The Morgan fingerprint density at radius 2 is 1.80 bits per heavy atom. The summed E-state index contributed by atoms with van der Waals surface area (Å²) in [6, 6.07) is 2.01. The van der Waals surface area contributed by atoms with Crippen LogP contribution in [0.1, 0.15) is 31.2 Å². The predicted octanol–water partition coefficient (Wildman–Crippen LogP) is 3.47. The first-order valence-corrected chi connectivity index (χ1v) is 9.10. The summed E-state index contributed by atoms with van der Waals surface area (Å²) in [5.41, 5.74) is 2.62. The van der Waals surface area contributed by atoms with Gasteiger partial charge in [0, 0.05) is 18.8 Å². The van der Waals surface area contributed by atoms with Crippen LogP contribution in [0.25, 0.3) is 11.5 Å². The zero-order valence-electron chi connectivity index (χ0n) is 14.4. The highest BCUT2D eigenvalue weighted by molar-refractivity contribution is 6.32. The van der Waals surface area contributed by atoms with Crippen molar-refractivity contribution in [2.24, 2.45) is 5.92 Å². The second kappa shape index (κ2) is 6.14. The average Bonchev–Trinajstić information content (AvgIpc) is 3.07. The van der Waals surface area contributed by atoms with Crippen LogP contribution in [0.5, 0.6) is 0 Å². The lowest BCUT2D eigenvalue weighted by Gasteiger charge is -2.33. The Morgan fingerprint density at radius 3 is 2.44 bits per heavy atom. The molecule has 1 aliphatic rings. The molecule has 0 aromatic carbocycles. The monoisotopic (exact) mass is 379 g/mol. The van der Waals surface area contributed by atoms with Crippen molar-refractivity contribution < 1.29 is 0 Å². The fraction of sp³-hybridized carbons (Fsp3) is 0.500. The summed E-state index contributed by atoms with van der Waals surface area (Å²) >= 11 is 12.6. The van der Waals surface area contributed by atoms with Gasteiger partial charge in [0.1, 0.15) is 5.69 Å². The SMILES string of the molecule is Cc1cc(C)n(-c2c(Cl)nc3nc(Cl)nn3c2N2CCC(C)CC2)n1. The molecular formula is C16H19Cl2N7. The molecule has 0 saturated carbocycles. The maximum Gasteiger partial charge on any atom is 0.257 e. The van der Waals surface area contributed by atoms with Crippen LogP contribution in [0.15, 0.2) is 6.07 Å². The minimum Gasteiger partial charge on any atom is -0.355 e. The second-order valence-corrected chi connectivity index (χ2v) is 7.37. The number of piperidine rings is 1. The fourth-order valence-corrected chi connectivity index (χ4v) is 3.76. The Labute approximate surface area is 155 Å². The molecule has 0 bridgehead atoms. The molecule has 1 fully saturated rings. The number of aryl methyl sites for hydroxylation is 2. The van der Waals surface area contributed by atoms with Crippen molar-refractivity contribution in [3.05, 3.63) is 27.9 Å². The molecule has 9 heteroatoms. The van der Waals surface area contributed by atoms with Crippen LogP contribution >= 0.6 is 23.2 Å². The van der Waals surface area contributed by atoms with Gasteiger partial charge in [-0.05, 0) is 50.3 Å². The Balaban J connectivity index is 1.99. The Kier molecular flexibility index (Phi) is 4.08. The summed E-state index contributed by atoms with van der Waals surface area (Å²) in [6.45, 7) is 8.07. The number of aromatic nitrogens is 6. The normalized spacial score (nSPS) is 16.1. The quantitative estimate of drug-likeness (QED) is 0.637. The van der Waals surface area contributed by atoms with Gasteiger partial charge in [-0.1, -0.05) is 18.5 Å². The van der Waals surface area contributed by atoms with Crippen molar-refractivity contribution in [2.45, 2.75) is 33.6 Å². The Morgan fingerprint density at radius 1 is 1.08 bits per heavy atom. The van der Waals surface area contributed by atoms with Gasteiger partial charge in [0.2, 0.25) is 5.28 Å². The average molecular weight is 380 g/mol. The molecule has 0 amide bonds. The summed E-state index contributed by atoms with van der Waals surface area (Å²) in [6.07, 6.45) is 2.22. The number of hydrogen-bond acceptors (Lipinski definition) is 5. The van der Waals surface area contributed by atoms with Crippen molar-refractivity contribution in [1.82, 2.24) is 29.4 Å². The van der Waals surface area contributed by atoms with Crippen molar-refractivity contribution in [3.63, 3.8) is 0 Å². The molecule has 3 aromatic rings. The fourth-order valence-electron chi connectivity index (χ4n) is 3.37. The third-order valence-corrected chi connectivity index (χ3v) is 5.10. The molecule has 1 aliphatic heterocycles. The first-order valence-electron chi connectivity index (χ1n) is 8.34. The van der Waals surface area contributed by atoms with Crippen LogP contribution in [-0.2, 0) is 0 Å². The summed E-state index contributed by atoms with van der Waals surface area (Å²) in [5.74, 6) is 1.95.